The molecule has 0 bridgehead atoms. The van der Waals surface area contributed by atoms with Crippen molar-refractivity contribution < 1.29 is 28.7 Å². The molecule has 0 aliphatic heterocycles. The topological polar surface area (TPSA) is 98.8 Å². The van der Waals surface area contributed by atoms with Crippen molar-refractivity contribution >= 4 is 29.3 Å². The highest BCUT2D eigenvalue weighted by molar-refractivity contribution is 6.00. The van der Waals surface area contributed by atoms with Crippen LogP contribution < -0.4 is 5.32 Å². The average molecular weight is 383 g/mol. The number of ether oxygens (including phenoxy) is 2. The summed E-state index contributed by atoms with van der Waals surface area (Å²) in [5, 5.41) is 2.73. The van der Waals surface area contributed by atoms with E-state index in [1.165, 1.54) is 31.4 Å². The first-order valence-corrected chi connectivity index (χ1v) is 8.73. The number of benzene rings is 2. The van der Waals surface area contributed by atoms with Crippen LogP contribution in [0.1, 0.15) is 50.8 Å². The number of ketones is 1. The molecule has 7 nitrogen and oxygen atoms in total. The normalized spacial score (nSPS) is 10.1. The molecule has 28 heavy (non-hydrogen) atoms. The van der Waals surface area contributed by atoms with Crippen LogP contribution in [-0.4, -0.2) is 37.3 Å². The summed E-state index contributed by atoms with van der Waals surface area (Å²) >= 11 is 0. The molecule has 0 saturated carbocycles. The summed E-state index contributed by atoms with van der Waals surface area (Å²) in [4.78, 5) is 47.1. The second kappa shape index (κ2) is 10.0. The van der Waals surface area contributed by atoms with Crippen LogP contribution in [0.5, 0.6) is 0 Å². The number of hydrogen-bond acceptors (Lipinski definition) is 6. The van der Waals surface area contributed by atoms with Crippen molar-refractivity contribution in [2.45, 2.75) is 19.8 Å². The van der Waals surface area contributed by atoms with Crippen LogP contribution in [0.15, 0.2) is 48.5 Å². The highest BCUT2D eigenvalue weighted by Crippen LogP contribution is 2.12. The van der Waals surface area contributed by atoms with Gasteiger partial charge in [-0.15, -0.1) is 0 Å². The van der Waals surface area contributed by atoms with E-state index in [1.807, 2.05) is 6.92 Å². The van der Waals surface area contributed by atoms with Crippen molar-refractivity contribution in [1.29, 1.82) is 0 Å². The maximum Gasteiger partial charge on any atom is 0.338 e. The molecule has 2 rings (SSSR count). The maximum absolute atomic E-state index is 12.2. The lowest BCUT2D eigenvalue weighted by molar-refractivity contribution is -0.116. The minimum atomic E-state index is -0.673. The molecule has 0 saturated heterocycles. The van der Waals surface area contributed by atoms with Gasteiger partial charge < -0.3 is 14.8 Å². The Hall–Kier alpha value is -3.48. The van der Waals surface area contributed by atoms with Gasteiger partial charge in [-0.05, 0) is 55.0 Å². The zero-order valence-electron chi connectivity index (χ0n) is 15.7. The van der Waals surface area contributed by atoms with E-state index in [-0.39, 0.29) is 17.3 Å². The number of anilines is 1. The molecule has 0 unspecified atom stereocenters. The number of methoxy groups -OCH3 is 1. The van der Waals surface area contributed by atoms with Gasteiger partial charge in [-0.3, -0.25) is 9.59 Å². The number of carbonyl (C=O) groups excluding carboxylic acids is 4. The van der Waals surface area contributed by atoms with E-state index in [0.717, 1.165) is 6.42 Å². The van der Waals surface area contributed by atoms with Gasteiger partial charge in [-0.1, -0.05) is 6.92 Å². The Labute approximate surface area is 162 Å². The largest absolute Gasteiger partial charge is 0.465 e. The third-order valence-electron chi connectivity index (χ3n) is 3.84. The Kier molecular flexibility index (Phi) is 7.45. The number of Topliss-reactive ketones (excluding diaryl/α,β-unsaturated/α-hetero) is 1. The van der Waals surface area contributed by atoms with Gasteiger partial charge in [0.25, 0.3) is 0 Å². The maximum atomic E-state index is 12.2. The van der Waals surface area contributed by atoms with Gasteiger partial charge in [0.1, 0.15) is 0 Å². The summed E-state index contributed by atoms with van der Waals surface area (Å²) in [6, 6.07) is 12.1. The van der Waals surface area contributed by atoms with Gasteiger partial charge in [0, 0.05) is 17.7 Å². The molecule has 0 fully saturated rings. The van der Waals surface area contributed by atoms with Crippen LogP contribution in [-0.2, 0) is 14.3 Å². The van der Waals surface area contributed by atoms with Gasteiger partial charge in [0.05, 0.1) is 18.2 Å². The minimum Gasteiger partial charge on any atom is -0.465 e. The second-order valence-corrected chi connectivity index (χ2v) is 5.94. The van der Waals surface area contributed by atoms with Crippen LogP contribution >= 0.6 is 0 Å². The van der Waals surface area contributed by atoms with Crippen LogP contribution in [0.3, 0.4) is 0 Å². The molecule has 0 aromatic heterocycles. The lowest BCUT2D eigenvalue weighted by atomic mass is 10.1. The molecule has 2 aromatic carbocycles. The molecular weight excluding hydrogens is 362 g/mol. The molecule has 0 aliphatic carbocycles. The van der Waals surface area contributed by atoms with E-state index in [9.17, 15) is 19.2 Å². The van der Waals surface area contributed by atoms with Crippen LogP contribution in [0.25, 0.3) is 0 Å². The van der Waals surface area contributed by atoms with Gasteiger partial charge in [0.2, 0.25) is 5.91 Å². The third-order valence-corrected chi connectivity index (χ3v) is 3.84. The van der Waals surface area contributed by atoms with E-state index in [1.54, 1.807) is 24.3 Å². The third kappa shape index (κ3) is 5.77. The Balaban J connectivity index is 1.89. The lowest BCUT2D eigenvalue weighted by Gasteiger charge is -2.07. The molecular formula is C21H21NO6. The molecule has 1 N–H and O–H groups in total. The number of hydrogen-bond donors (Lipinski definition) is 1. The van der Waals surface area contributed by atoms with Crippen molar-refractivity contribution in [3.63, 3.8) is 0 Å². The number of amides is 1. The summed E-state index contributed by atoms with van der Waals surface area (Å²) < 4.78 is 9.61. The SMILES string of the molecule is CCCC(=O)Nc1ccc(C(=O)COC(=O)c2ccc(C(=O)OC)cc2)cc1. The van der Waals surface area contributed by atoms with Crippen molar-refractivity contribution in [2.24, 2.45) is 0 Å². The first-order valence-electron chi connectivity index (χ1n) is 8.73. The molecule has 146 valence electrons. The molecule has 2 aromatic rings. The second-order valence-electron chi connectivity index (χ2n) is 5.94. The average Bonchev–Trinajstić information content (AvgIpc) is 2.72. The molecule has 0 heterocycles. The number of carbonyl (C=O) groups is 4. The molecule has 7 heteroatoms. The zero-order valence-corrected chi connectivity index (χ0v) is 15.7. The summed E-state index contributed by atoms with van der Waals surface area (Å²) in [5.74, 6) is -1.64. The van der Waals surface area contributed by atoms with Crippen molar-refractivity contribution in [2.75, 3.05) is 19.0 Å². The van der Waals surface area contributed by atoms with E-state index in [0.29, 0.717) is 23.2 Å². The fraction of sp³-hybridized carbons (Fsp3) is 0.238. The quantitative estimate of drug-likeness (QED) is 0.555. The van der Waals surface area contributed by atoms with Gasteiger partial charge in [-0.2, -0.15) is 0 Å². The highest BCUT2D eigenvalue weighted by atomic mass is 16.5. The lowest BCUT2D eigenvalue weighted by Crippen LogP contribution is -2.15. The van der Waals surface area contributed by atoms with Crippen LogP contribution in [0, 0.1) is 0 Å². The fourth-order valence-corrected chi connectivity index (χ4v) is 2.35. The number of esters is 2. The minimum absolute atomic E-state index is 0.0891. The molecule has 0 spiro atoms. The Morgan fingerprint density at radius 3 is 1.89 bits per heavy atom. The van der Waals surface area contributed by atoms with Crippen LogP contribution in [0.2, 0.25) is 0 Å². The van der Waals surface area contributed by atoms with E-state index in [2.05, 4.69) is 10.1 Å². The van der Waals surface area contributed by atoms with E-state index in [4.69, 9.17) is 4.74 Å². The van der Waals surface area contributed by atoms with Gasteiger partial charge >= 0.3 is 11.9 Å². The molecule has 1 amide bonds. The smallest absolute Gasteiger partial charge is 0.338 e. The Morgan fingerprint density at radius 1 is 0.821 bits per heavy atom. The van der Waals surface area contributed by atoms with Crippen LogP contribution in [0.4, 0.5) is 5.69 Å². The summed E-state index contributed by atoms with van der Waals surface area (Å²) in [6.45, 7) is 1.50. The first kappa shape index (κ1) is 20.8. The van der Waals surface area contributed by atoms with E-state index < -0.39 is 18.5 Å². The van der Waals surface area contributed by atoms with E-state index >= 15 is 0 Å². The Bertz CT molecular complexity index is 855. The first-order chi connectivity index (χ1) is 13.4. The van der Waals surface area contributed by atoms with Crippen molar-refractivity contribution in [3.8, 4) is 0 Å². The predicted molar refractivity (Wildman–Crippen MR) is 102 cm³/mol. The highest BCUT2D eigenvalue weighted by Gasteiger charge is 2.13. The molecule has 0 radical (unpaired) electrons. The molecule has 0 atom stereocenters. The van der Waals surface area contributed by atoms with Gasteiger partial charge in [0.15, 0.2) is 12.4 Å². The summed E-state index contributed by atoms with van der Waals surface area (Å²) in [6.07, 6.45) is 1.18. The summed E-state index contributed by atoms with van der Waals surface area (Å²) in [7, 11) is 1.27. The monoisotopic (exact) mass is 383 g/mol. The predicted octanol–water partition coefficient (Wildman–Crippen LogP) is 3.25. The standard InChI is InChI=1S/C21H21NO6/c1-3-4-19(24)22-17-11-9-14(10-12-17)18(23)13-28-21(26)16-7-5-15(6-8-16)20(25)27-2/h5-12H,3-4,13H2,1-2H3,(H,22,24). The zero-order chi connectivity index (χ0) is 20.5. The van der Waals surface area contributed by atoms with Crippen molar-refractivity contribution in [3.05, 3.63) is 65.2 Å². The number of nitrogens with one attached hydrogen (secondary N) is 1. The number of rotatable bonds is 8. The fourth-order valence-electron chi connectivity index (χ4n) is 2.35. The van der Waals surface area contributed by atoms with Gasteiger partial charge in [-0.25, -0.2) is 9.59 Å². The Morgan fingerprint density at radius 2 is 1.36 bits per heavy atom. The molecule has 0 aliphatic rings. The summed E-state index contributed by atoms with van der Waals surface area (Å²) in [5.41, 5.74) is 1.48. The van der Waals surface area contributed by atoms with Crippen molar-refractivity contribution in [1.82, 2.24) is 0 Å².